The van der Waals surface area contributed by atoms with E-state index in [1.807, 2.05) is 0 Å². The lowest BCUT2D eigenvalue weighted by Gasteiger charge is -2.11. The lowest BCUT2D eigenvalue weighted by Crippen LogP contribution is -2.30. The van der Waals surface area contributed by atoms with Crippen LogP contribution in [0.25, 0.3) is 0 Å². The molecule has 2 rings (SSSR count). The summed E-state index contributed by atoms with van der Waals surface area (Å²) in [5.74, 6) is -0.0222. The molecule has 0 atom stereocenters. The number of carbonyl (C=O) groups is 1. The molecular formula is C15H19N7O3. The second-order valence-electron chi connectivity index (χ2n) is 5.60. The zero-order valence-electron chi connectivity index (χ0n) is 13.9. The number of amides is 1. The molecule has 2 heterocycles. The van der Waals surface area contributed by atoms with Gasteiger partial charge in [-0.3, -0.25) is 30.7 Å². The van der Waals surface area contributed by atoms with E-state index in [0.29, 0.717) is 18.0 Å². The highest BCUT2D eigenvalue weighted by atomic mass is 16.6. The van der Waals surface area contributed by atoms with E-state index >= 15 is 0 Å². The van der Waals surface area contributed by atoms with Crippen LogP contribution < -0.4 is 16.2 Å². The smallest absolute Gasteiger partial charge is 0.354 e. The van der Waals surface area contributed by atoms with Crippen LogP contribution in [0, 0.1) is 16.0 Å². The Hall–Kier alpha value is -3.30. The van der Waals surface area contributed by atoms with Crippen molar-refractivity contribution in [1.82, 2.24) is 20.4 Å². The van der Waals surface area contributed by atoms with Gasteiger partial charge < -0.3 is 5.32 Å². The fraction of sp³-hybridized carbons (Fsp3) is 0.333. The third-order valence-electron chi connectivity index (χ3n) is 3.26. The Morgan fingerprint density at radius 3 is 2.56 bits per heavy atom. The first-order chi connectivity index (χ1) is 12.0. The van der Waals surface area contributed by atoms with E-state index in [2.05, 4.69) is 45.0 Å². The van der Waals surface area contributed by atoms with Crippen molar-refractivity contribution >= 4 is 23.2 Å². The number of rotatable bonds is 8. The molecule has 2 aromatic rings. The molecule has 2 aromatic heterocycles. The van der Waals surface area contributed by atoms with Crippen LogP contribution in [0.15, 0.2) is 30.9 Å². The van der Waals surface area contributed by atoms with Crippen LogP contribution in [0.4, 0.5) is 17.3 Å². The summed E-state index contributed by atoms with van der Waals surface area (Å²) in [6.45, 7) is 4.65. The second-order valence-corrected chi connectivity index (χ2v) is 5.60. The second kappa shape index (κ2) is 8.52. The van der Waals surface area contributed by atoms with Gasteiger partial charge in [-0.05, 0) is 24.5 Å². The Morgan fingerprint density at radius 1 is 1.24 bits per heavy atom. The van der Waals surface area contributed by atoms with E-state index in [1.165, 1.54) is 30.9 Å². The molecule has 1 amide bonds. The lowest BCUT2D eigenvalue weighted by molar-refractivity contribution is -0.383. The number of pyridine rings is 1. The molecule has 0 aromatic carbocycles. The molecule has 10 heteroatoms. The van der Waals surface area contributed by atoms with E-state index in [9.17, 15) is 14.9 Å². The maximum atomic E-state index is 12.0. The minimum Gasteiger partial charge on any atom is -0.364 e. The van der Waals surface area contributed by atoms with Crippen LogP contribution in [-0.2, 0) is 0 Å². The molecule has 0 unspecified atom stereocenters. The van der Waals surface area contributed by atoms with Crippen LogP contribution in [-0.4, -0.2) is 32.3 Å². The summed E-state index contributed by atoms with van der Waals surface area (Å²) < 4.78 is 0. The van der Waals surface area contributed by atoms with E-state index in [1.54, 1.807) is 0 Å². The minimum absolute atomic E-state index is 0.0984. The minimum atomic E-state index is -0.599. The molecule has 0 aliphatic heterocycles. The SMILES string of the molecule is CC(C)CCNc1ncnc(NNC(=O)c2ccncc2)c1[N+](=O)[O-]. The normalized spacial score (nSPS) is 10.4. The molecule has 0 saturated heterocycles. The van der Waals surface area contributed by atoms with Crippen molar-refractivity contribution < 1.29 is 9.72 Å². The summed E-state index contributed by atoms with van der Waals surface area (Å²) in [5.41, 5.74) is 4.88. The van der Waals surface area contributed by atoms with Gasteiger partial charge in [0.2, 0.25) is 11.6 Å². The monoisotopic (exact) mass is 345 g/mol. The number of hydrogen-bond acceptors (Lipinski definition) is 8. The van der Waals surface area contributed by atoms with Crippen molar-refractivity contribution in [3.05, 3.63) is 46.5 Å². The van der Waals surface area contributed by atoms with Gasteiger partial charge in [-0.15, -0.1) is 0 Å². The van der Waals surface area contributed by atoms with Gasteiger partial charge in [0.05, 0.1) is 4.92 Å². The Bertz CT molecular complexity index is 737. The molecule has 0 bridgehead atoms. The van der Waals surface area contributed by atoms with E-state index in [4.69, 9.17) is 0 Å². The zero-order chi connectivity index (χ0) is 18.2. The highest BCUT2D eigenvalue weighted by Crippen LogP contribution is 2.28. The first-order valence-corrected chi connectivity index (χ1v) is 7.68. The summed E-state index contributed by atoms with van der Waals surface area (Å²) in [6, 6.07) is 3.04. The molecule has 25 heavy (non-hydrogen) atoms. The molecule has 0 aliphatic carbocycles. The predicted octanol–water partition coefficient (Wildman–Crippen LogP) is 1.99. The summed E-state index contributed by atoms with van der Waals surface area (Å²) in [4.78, 5) is 34.4. The molecular weight excluding hydrogens is 326 g/mol. The van der Waals surface area contributed by atoms with Gasteiger partial charge in [0, 0.05) is 24.5 Å². The Kier molecular flexibility index (Phi) is 6.15. The molecule has 10 nitrogen and oxygen atoms in total. The number of nitrogens with zero attached hydrogens (tertiary/aromatic N) is 4. The summed E-state index contributed by atoms with van der Waals surface area (Å²) in [6.07, 6.45) is 4.96. The molecule has 0 saturated carbocycles. The average molecular weight is 345 g/mol. The van der Waals surface area contributed by atoms with Gasteiger partial charge in [-0.1, -0.05) is 13.8 Å². The van der Waals surface area contributed by atoms with Crippen LogP contribution >= 0.6 is 0 Å². The summed E-state index contributed by atoms with van der Waals surface area (Å²) in [5, 5.41) is 14.3. The number of hydrogen-bond donors (Lipinski definition) is 3. The van der Waals surface area contributed by atoms with Gasteiger partial charge >= 0.3 is 5.69 Å². The van der Waals surface area contributed by atoms with E-state index < -0.39 is 10.8 Å². The fourth-order valence-corrected chi connectivity index (χ4v) is 1.94. The molecule has 3 N–H and O–H groups in total. The first-order valence-electron chi connectivity index (χ1n) is 7.68. The Morgan fingerprint density at radius 2 is 1.92 bits per heavy atom. The number of aromatic nitrogens is 3. The third kappa shape index (κ3) is 5.09. The van der Waals surface area contributed by atoms with E-state index in [0.717, 1.165) is 6.42 Å². The van der Waals surface area contributed by atoms with Gasteiger partial charge in [-0.2, -0.15) is 0 Å². The quantitative estimate of drug-likeness (QED) is 0.488. The average Bonchev–Trinajstić information content (AvgIpc) is 2.60. The summed E-state index contributed by atoms with van der Waals surface area (Å²) in [7, 11) is 0. The van der Waals surface area contributed by atoms with Gasteiger partial charge in [0.25, 0.3) is 5.91 Å². The fourth-order valence-electron chi connectivity index (χ4n) is 1.94. The van der Waals surface area contributed by atoms with Crippen LogP contribution in [0.5, 0.6) is 0 Å². The van der Waals surface area contributed by atoms with Crippen LogP contribution in [0.3, 0.4) is 0 Å². The first kappa shape index (κ1) is 18.0. The maximum Gasteiger partial charge on any atom is 0.354 e. The Balaban J connectivity index is 2.11. The van der Waals surface area contributed by atoms with Crippen molar-refractivity contribution in [3.8, 4) is 0 Å². The molecule has 0 spiro atoms. The largest absolute Gasteiger partial charge is 0.364 e. The molecule has 0 fully saturated rings. The number of hydrazine groups is 1. The number of anilines is 2. The van der Waals surface area contributed by atoms with Crippen molar-refractivity contribution in [2.75, 3.05) is 17.3 Å². The van der Waals surface area contributed by atoms with Gasteiger partial charge in [-0.25, -0.2) is 9.97 Å². The highest BCUT2D eigenvalue weighted by molar-refractivity contribution is 5.94. The van der Waals surface area contributed by atoms with Gasteiger partial charge in [0.1, 0.15) is 6.33 Å². The standard InChI is InChI=1S/C15H19N7O3/c1-10(2)3-8-17-13-12(22(24)25)14(19-9-18-13)20-21-15(23)11-4-6-16-7-5-11/h4-7,9-10H,3,8H2,1-2H3,(H,21,23)(H2,17,18,19,20). The van der Waals surface area contributed by atoms with Crippen LogP contribution in [0.2, 0.25) is 0 Å². The van der Waals surface area contributed by atoms with Crippen molar-refractivity contribution in [3.63, 3.8) is 0 Å². The maximum absolute atomic E-state index is 12.0. The number of nitrogens with one attached hydrogen (secondary N) is 3. The third-order valence-corrected chi connectivity index (χ3v) is 3.26. The van der Waals surface area contributed by atoms with Crippen LogP contribution in [0.1, 0.15) is 30.6 Å². The van der Waals surface area contributed by atoms with Crippen molar-refractivity contribution in [2.45, 2.75) is 20.3 Å². The number of carbonyl (C=O) groups excluding carboxylic acids is 1. The predicted molar refractivity (Wildman–Crippen MR) is 92.0 cm³/mol. The highest BCUT2D eigenvalue weighted by Gasteiger charge is 2.23. The summed E-state index contributed by atoms with van der Waals surface area (Å²) >= 11 is 0. The Labute approximate surface area is 144 Å². The topological polar surface area (TPSA) is 135 Å². The van der Waals surface area contributed by atoms with E-state index in [-0.39, 0.29) is 17.3 Å². The van der Waals surface area contributed by atoms with Crippen molar-refractivity contribution in [2.24, 2.45) is 5.92 Å². The molecule has 132 valence electrons. The van der Waals surface area contributed by atoms with Gasteiger partial charge in [0.15, 0.2) is 0 Å². The lowest BCUT2D eigenvalue weighted by atomic mass is 10.1. The zero-order valence-corrected chi connectivity index (χ0v) is 13.9. The molecule has 0 aliphatic rings. The molecule has 0 radical (unpaired) electrons. The number of nitro groups is 1. The van der Waals surface area contributed by atoms with Crippen molar-refractivity contribution in [1.29, 1.82) is 0 Å².